The van der Waals surface area contributed by atoms with Crippen molar-refractivity contribution in [2.75, 3.05) is 12.3 Å². The van der Waals surface area contributed by atoms with Crippen molar-refractivity contribution in [2.45, 2.75) is 11.4 Å². The van der Waals surface area contributed by atoms with Crippen molar-refractivity contribution in [1.82, 2.24) is 19.9 Å². The molecule has 140 valence electrons. The van der Waals surface area contributed by atoms with Gasteiger partial charge in [0.05, 0.1) is 17.6 Å². The van der Waals surface area contributed by atoms with Gasteiger partial charge in [-0.3, -0.25) is 4.79 Å². The minimum absolute atomic E-state index is 0.0124. The molecule has 0 saturated heterocycles. The molecule has 0 spiro atoms. The smallest absolute Gasteiger partial charge is 0.230 e. The zero-order valence-corrected chi connectivity index (χ0v) is 16.1. The van der Waals surface area contributed by atoms with Crippen LogP contribution in [-0.2, 0) is 11.2 Å². The fourth-order valence-corrected chi connectivity index (χ4v) is 3.56. The number of carbonyl (C=O) groups is 1. The predicted molar refractivity (Wildman–Crippen MR) is 112 cm³/mol. The van der Waals surface area contributed by atoms with Crippen molar-refractivity contribution >= 4 is 23.3 Å². The number of imidazole rings is 1. The van der Waals surface area contributed by atoms with Crippen LogP contribution in [0.1, 0.15) is 5.56 Å². The van der Waals surface area contributed by atoms with E-state index in [4.69, 9.17) is 0 Å². The van der Waals surface area contributed by atoms with Gasteiger partial charge in [-0.15, -0.1) is 0 Å². The summed E-state index contributed by atoms with van der Waals surface area (Å²) in [5, 5.41) is 8.31. The van der Waals surface area contributed by atoms with Crippen LogP contribution in [0, 0.1) is 0 Å². The van der Waals surface area contributed by atoms with E-state index in [1.807, 2.05) is 66.9 Å². The van der Waals surface area contributed by atoms with Crippen molar-refractivity contribution < 1.29 is 4.79 Å². The van der Waals surface area contributed by atoms with Gasteiger partial charge in [-0.2, -0.15) is 5.10 Å². The van der Waals surface area contributed by atoms with Crippen LogP contribution < -0.4 is 5.32 Å². The van der Waals surface area contributed by atoms with Gasteiger partial charge in [0.1, 0.15) is 5.03 Å². The molecule has 5 nitrogen and oxygen atoms in total. The van der Waals surface area contributed by atoms with E-state index in [9.17, 15) is 4.79 Å². The quantitative estimate of drug-likeness (QED) is 0.489. The van der Waals surface area contributed by atoms with Gasteiger partial charge in [-0.05, 0) is 24.1 Å². The van der Waals surface area contributed by atoms with E-state index in [1.165, 1.54) is 17.3 Å². The third-order valence-electron chi connectivity index (χ3n) is 4.29. The van der Waals surface area contributed by atoms with E-state index in [-0.39, 0.29) is 5.91 Å². The average Bonchev–Trinajstić information content (AvgIpc) is 3.17. The van der Waals surface area contributed by atoms with Gasteiger partial charge < -0.3 is 5.32 Å². The van der Waals surface area contributed by atoms with E-state index in [1.54, 1.807) is 4.52 Å². The van der Waals surface area contributed by atoms with E-state index < -0.39 is 0 Å². The SMILES string of the molecule is O=C(CSc1ccc2nc(-c3ccccc3)cn2n1)NCCc1ccccc1. The van der Waals surface area contributed by atoms with Crippen molar-refractivity contribution in [3.05, 3.63) is 84.6 Å². The van der Waals surface area contributed by atoms with Gasteiger partial charge >= 0.3 is 0 Å². The molecule has 28 heavy (non-hydrogen) atoms. The Hall–Kier alpha value is -3.12. The minimum Gasteiger partial charge on any atom is -0.355 e. The molecule has 0 radical (unpaired) electrons. The van der Waals surface area contributed by atoms with E-state index >= 15 is 0 Å². The Bertz CT molecular complexity index is 1060. The predicted octanol–water partition coefficient (Wildman–Crippen LogP) is 3.85. The lowest BCUT2D eigenvalue weighted by Gasteiger charge is -2.05. The highest BCUT2D eigenvalue weighted by Crippen LogP contribution is 2.20. The second kappa shape index (κ2) is 8.71. The van der Waals surface area contributed by atoms with Crippen LogP contribution in [-0.4, -0.2) is 32.8 Å². The Morgan fingerprint density at radius 3 is 2.50 bits per heavy atom. The highest BCUT2D eigenvalue weighted by Gasteiger charge is 2.08. The maximum Gasteiger partial charge on any atom is 0.230 e. The number of aromatic nitrogens is 3. The third-order valence-corrected chi connectivity index (χ3v) is 5.21. The molecule has 0 saturated carbocycles. The van der Waals surface area contributed by atoms with Gasteiger partial charge in [-0.1, -0.05) is 72.4 Å². The maximum absolute atomic E-state index is 12.1. The van der Waals surface area contributed by atoms with E-state index in [0.29, 0.717) is 12.3 Å². The number of thioether (sulfide) groups is 1. The number of hydrogen-bond donors (Lipinski definition) is 1. The van der Waals surface area contributed by atoms with Crippen molar-refractivity contribution in [2.24, 2.45) is 0 Å². The van der Waals surface area contributed by atoms with Crippen LogP contribution in [0.15, 0.2) is 84.0 Å². The van der Waals surface area contributed by atoms with Crippen LogP contribution in [0.2, 0.25) is 0 Å². The molecule has 2 heterocycles. The number of nitrogens with one attached hydrogen (secondary N) is 1. The highest BCUT2D eigenvalue weighted by molar-refractivity contribution is 7.99. The summed E-state index contributed by atoms with van der Waals surface area (Å²) in [5.74, 6) is 0.353. The molecule has 0 fully saturated rings. The molecule has 4 aromatic rings. The maximum atomic E-state index is 12.1. The lowest BCUT2D eigenvalue weighted by atomic mass is 10.1. The fourth-order valence-electron chi connectivity index (χ4n) is 2.87. The topological polar surface area (TPSA) is 59.3 Å². The molecule has 1 N–H and O–H groups in total. The highest BCUT2D eigenvalue weighted by atomic mass is 32.2. The number of amides is 1. The summed E-state index contributed by atoms with van der Waals surface area (Å²) in [5.41, 5.74) is 3.95. The Labute approximate surface area is 167 Å². The van der Waals surface area contributed by atoms with Crippen LogP contribution >= 0.6 is 11.8 Å². The number of carbonyl (C=O) groups excluding carboxylic acids is 1. The van der Waals surface area contributed by atoms with Gasteiger partial charge in [0, 0.05) is 12.1 Å². The molecule has 0 aliphatic carbocycles. The third kappa shape index (κ3) is 4.58. The summed E-state index contributed by atoms with van der Waals surface area (Å²) in [6.07, 6.45) is 2.74. The van der Waals surface area contributed by atoms with E-state index in [2.05, 4.69) is 27.5 Å². The Morgan fingerprint density at radius 1 is 0.964 bits per heavy atom. The Morgan fingerprint density at radius 2 is 1.71 bits per heavy atom. The number of hydrogen-bond acceptors (Lipinski definition) is 4. The summed E-state index contributed by atoms with van der Waals surface area (Å²) in [4.78, 5) is 16.7. The second-order valence-electron chi connectivity index (χ2n) is 6.34. The monoisotopic (exact) mass is 388 g/mol. The standard InChI is InChI=1S/C22H20N4OS/c27-21(23-14-13-17-7-3-1-4-8-17)16-28-22-12-11-20-24-19(15-26(20)25-22)18-9-5-2-6-10-18/h1-12,15H,13-14,16H2,(H,23,27). The molecular formula is C22H20N4OS. The number of fused-ring (bicyclic) bond motifs is 1. The fraction of sp³-hybridized carbons (Fsp3) is 0.136. The normalized spacial score (nSPS) is 10.9. The van der Waals surface area contributed by atoms with Crippen molar-refractivity contribution in [3.8, 4) is 11.3 Å². The molecule has 0 atom stereocenters. The Balaban J connectivity index is 1.32. The first kappa shape index (κ1) is 18.3. The van der Waals surface area contributed by atoms with Crippen LogP contribution in [0.25, 0.3) is 16.9 Å². The largest absolute Gasteiger partial charge is 0.355 e. The van der Waals surface area contributed by atoms with Crippen molar-refractivity contribution in [1.29, 1.82) is 0 Å². The van der Waals surface area contributed by atoms with Gasteiger partial charge in [0.15, 0.2) is 5.65 Å². The minimum atomic E-state index is 0.0124. The van der Waals surface area contributed by atoms with Crippen LogP contribution in [0.4, 0.5) is 0 Å². The first-order valence-corrected chi connectivity index (χ1v) is 10.1. The summed E-state index contributed by atoms with van der Waals surface area (Å²) in [6.45, 7) is 0.637. The van der Waals surface area contributed by atoms with Gasteiger partial charge in [-0.25, -0.2) is 9.50 Å². The summed E-state index contributed by atoms with van der Waals surface area (Å²) < 4.78 is 1.76. The van der Waals surface area contributed by atoms with Gasteiger partial charge in [0.2, 0.25) is 5.91 Å². The molecular weight excluding hydrogens is 368 g/mol. The molecule has 1 amide bonds. The summed E-state index contributed by atoms with van der Waals surface area (Å²) >= 11 is 1.42. The molecule has 0 aliphatic heterocycles. The molecule has 2 aromatic carbocycles. The molecule has 6 heteroatoms. The average molecular weight is 388 g/mol. The number of nitrogens with zero attached hydrogens (tertiary/aromatic N) is 3. The first-order valence-electron chi connectivity index (χ1n) is 9.13. The zero-order valence-electron chi connectivity index (χ0n) is 15.3. The molecule has 2 aromatic heterocycles. The lowest BCUT2D eigenvalue weighted by molar-refractivity contribution is -0.118. The zero-order chi connectivity index (χ0) is 19.2. The lowest BCUT2D eigenvalue weighted by Crippen LogP contribution is -2.27. The van der Waals surface area contributed by atoms with Crippen LogP contribution in [0.3, 0.4) is 0 Å². The summed E-state index contributed by atoms with van der Waals surface area (Å²) in [7, 11) is 0. The molecule has 0 aliphatic rings. The van der Waals surface area contributed by atoms with E-state index in [0.717, 1.165) is 28.4 Å². The molecule has 0 bridgehead atoms. The number of benzene rings is 2. The molecule has 4 rings (SSSR count). The first-order chi connectivity index (χ1) is 13.8. The number of rotatable bonds is 7. The molecule has 0 unspecified atom stereocenters. The second-order valence-corrected chi connectivity index (χ2v) is 7.34. The Kier molecular flexibility index (Phi) is 5.68. The van der Waals surface area contributed by atoms with Crippen LogP contribution in [0.5, 0.6) is 0 Å². The van der Waals surface area contributed by atoms with Crippen molar-refractivity contribution in [3.63, 3.8) is 0 Å². The van der Waals surface area contributed by atoms with Gasteiger partial charge in [0.25, 0.3) is 0 Å². The summed E-state index contributed by atoms with van der Waals surface area (Å²) in [6, 6.07) is 24.0.